The highest BCUT2D eigenvalue weighted by Crippen LogP contribution is 2.33. The number of nitrogens with one attached hydrogen (secondary N) is 1. The molecule has 148 valence electrons. The lowest BCUT2D eigenvalue weighted by Crippen LogP contribution is -1.95. The second-order valence-corrected chi connectivity index (χ2v) is 7.59. The Morgan fingerprint density at radius 1 is 1.13 bits per heavy atom. The Kier molecular flexibility index (Phi) is 4.29. The lowest BCUT2D eigenvalue weighted by Gasteiger charge is -2.06. The van der Waals surface area contributed by atoms with Crippen molar-refractivity contribution < 1.29 is 9.66 Å². The summed E-state index contributed by atoms with van der Waals surface area (Å²) in [5.74, 6) is 0.755. The first-order chi connectivity index (χ1) is 14.6. The number of rotatable bonds is 5. The molecule has 0 aliphatic carbocycles. The van der Waals surface area contributed by atoms with Crippen molar-refractivity contribution in [2.24, 2.45) is 0 Å². The zero-order valence-electron chi connectivity index (χ0n) is 15.8. The second-order valence-electron chi connectivity index (χ2n) is 6.56. The molecule has 0 radical (unpaired) electrons. The van der Waals surface area contributed by atoms with E-state index in [1.165, 1.54) is 6.07 Å². The van der Waals surface area contributed by atoms with Gasteiger partial charge in [0.05, 0.1) is 29.9 Å². The number of nitrogens with zero attached hydrogens (tertiary/aromatic N) is 4. The zero-order chi connectivity index (χ0) is 20.7. The summed E-state index contributed by atoms with van der Waals surface area (Å²) < 4.78 is 8.23. The van der Waals surface area contributed by atoms with Crippen molar-refractivity contribution in [2.75, 3.05) is 7.11 Å². The van der Waals surface area contributed by atoms with Gasteiger partial charge in [0.25, 0.3) is 0 Å². The molecule has 0 aliphatic rings. The Labute approximate surface area is 174 Å². The third-order valence-electron chi connectivity index (χ3n) is 4.77. The molecular weight excluding hydrogens is 402 g/mol. The number of hydrogen-bond donors (Lipinski definition) is 1. The van der Waals surface area contributed by atoms with Crippen molar-refractivity contribution in [2.45, 2.75) is 0 Å². The highest BCUT2D eigenvalue weighted by molar-refractivity contribution is 7.21. The Morgan fingerprint density at radius 3 is 2.70 bits per heavy atom. The molecule has 0 atom stereocenters. The molecular formula is C21H15N5O3S. The number of nitro groups is 1. The van der Waals surface area contributed by atoms with Gasteiger partial charge < -0.3 is 14.9 Å². The average molecular weight is 417 g/mol. The number of aromatic nitrogens is 4. The van der Waals surface area contributed by atoms with E-state index < -0.39 is 4.92 Å². The van der Waals surface area contributed by atoms with E-state index in [-0.39, 0.29) is 5.82 Å². The number of thiazole rings is 1. The number of methoxy groups -OCH3 is 1. The summed E-state index contributed by atoms with van der Waals surface area (Å²) >= 11 is 1.61. The van der Waals surface area contributed by atoms with Gasteiger partial charge in [-0.15, -0.1) is 11.3 Å². The maximum atomic E-state index is 11.0. The highest BCUT2D eigenvalue weighted by Gasteiger charge is 2.15. The topological polar surface area (TPSA) is 98.9 Å². The largest absolute Gasteiger partial charge is 0.497 e. The summed E-state index contributed by atoms with van der Waals surface area (Å²) in [6.45, 7) is 0. The molecule has 0 fully saturated rings. The second kappa shape index (κ2) is 7.12. The lowest BCUT2D eigenvalue weighted by molar-refractivity contribution is -0.389. The third-order valence-corrected chi connectivity index (χ3v) is 5.84. The fraction of sp³-hybridized carbons (Fsp3) is 0.0476. The molecule has 0 spiro atoms. The molecule has 3 heterocycles. The van der Waals surface area contributed by atoms with Crippen molar-refractivity contribution in [1.29, 1.82) is 0 Å². The first kappa shape index (κ1) is 18.1. The van der Waals surface area contributed by atoms with E-state index in [9.17, 15) is 10.1 Å². The normalized spacial score (nSPS) is 11.1. The summed E-state index contributed by atoms with van der Waals surface area (Å²) in [4.78, 5) is 22.2. The van der Waals surface area contributed by atoms with Crippen LogP contribution in [0.15, 0.2) is 67.1 Å². The number of hydrogen-bond acceptors (Lipinski definition) is 6. The minimum absolute atomic E-state index is 0.0550. The van der Waals surface area contributed by atoms with Gasteiger partial charge in [0.1, 0.15) is 16.5 Å². The van der Waals surface area contributed by atoms with Crippen molar-refractivity contribution in [3.63, 3.8) is 0 Å². The van der Waals surface area contributed by atoms with Crippen LogP contribution < -0.4 is 4.74 Å². The molecule has 0 bridgehead atoms. The average Bonchev–Trinajstić information content (AvgIpc) is 3.51. The summed E-state index contributed by atoms with van der Waals surface area (Å²) in [5, 5.41) is 11.9. The van der Waals surface area contributed by atoms with Crippen molar-refractivity contribution >= 4 is 27.4 Å². The van der Waals surface area contributed by atoms with Crippen molar-refractivity contribution in [1.82, 2.24) is 19.5 Å². The van der Waals surface area contributed by atoms with Gasteiger partial charge in [-0.3, -0.25) is 4.57 Å². The van der Waals surface area contributed by atoms with E-state index in [1.54, 1.807) is 37.0 Å². The maximum absolute atomic E-state index is 11.0. The van der Waals surface area contributed by atoms with Crippen LogP contribution in [0.2, 0.25) is 0 Å². The van der Waals surface area contributed by atoms with Gasteiger partial charge >= 0.3 is 5.82 Å². The van der Waals surface area contributed by atoms with Gasteiger partial charge in [-0.1, -0.05) is 0 Å². The predicted octanol–water partition coefficient (Wildman–Crippen LogP) is 5.06. The van der Waals surface area contributed by atoms with Crippen LogP contribution in [0.1, 0.15) is 0 Å². The Morgan fingerprint density at radius 2 is 1.97 bits per heavy atom. The minimum atomic E-state index is -0.452. The van der Waals surface area contributed by atoms with Gasteiger partial charge in [0.15, 0.2) is 5.69 Å². The third kappa shape index (κ3) is 3.11. The predicted molar refractivity (Wildman–Crippen MR) is 115 cm³/mol. The number of imidazole rings is 1. The molecule has 5 aromatic rings. The lowest BCUT2D eigenvalue weighted by atomic mass is 10.2. The molecule has 9 heteroatoms. The van der Waals surface area contributed by atoms with Crippen molar-refractivity contribution in [3.8, 4) is 33.4 Å². The van der Waals surface area contributed by atoms with Gasteiger partial charge in [-0.25, -0.2) is 15.0 Å². The first-order valence-electron chi connectivity index (χ1n) is 9.04. The van der Waals surface area contributed by atoms with Crippen LogP contribution in [-0.4, -0.2) is 31.6 Å². The smallest absolute Gasteiger partial charge is 0.321 e. The minimum Gasteiger partial charge on any atom is -0.497 e. The zero-order valence-corrected chi connectivity index (χ0v) is 16.6. The number of fused-ring (bicyclic) bond motifs is 1. The Bertz CT molecular complexity index is 1370. The molecule has 0 aliphatic heterocycles. The van der Waals surface area contributed by atoms with Crippen LogP contribution in [0.5, 0.6) is 5.75 Å². The van der Waals surface area contributed by atoms with E-state index in [1.807, 2.05) is 47.0 Å². The summed E-state index contributed by atoms with van der Waals surface area (Å²) in [7, 11) is 1.65. The van der Waals surface area contributed by atoms with Crippen LogP contribution >= 0.6 is 11.3 Å². The number of H-pyrrole nitrogens is 1. The fourth-order valence-corrected chi connectivity index (χ4v) is 4.26. The molecule has 5 rings (SSSR count). The van der Waals surface area contributed by atoms with Crippen LogP contribution in [0.4, 0.5) is 5.82 Å². The maximum Gasteiger partial charge on any atom is 0.321 e. The SMILES string of the molecule is COc1ccc2nc(-c3ccc(-n4cncc4-c4ccc([N+](=O)[O-])[nH]4)cc3)sc2c1. The van der Waals surface area contributed by atoms with E-state index in [0.717, 1.165) is 37.9 Å². The quantitative estimate of drug-likeness (QED) is 0.318. The van der Waals surface area contributed by atoms with Gasteiger partial charge in [0.2, 0.25) is 0 Å². The summed E-state index contributed by atoms with van der Waals surface area (Å²) in [5.41, 5.74) is 4.21. The molecule has 0 saturated heterocycles. The summed E-state index contributed by atoms with van der Waals surface area (Å²) in [6.07, 6.45) is 3.35. The number of aromatic amines is 1. The standard InChI is InChI=1S/C21H15N5O3S/c1-29-15-6-7-17-19(10-15)30-21(24-17)13-2-4-14(5-3-13)25-12-22-11-18(25)16-8-9-20(23-16)26(27)28/h2-12,23H,1H3. The van der Waals surface area contributed by atoms with Gasteiger partial charge in [-0.05, 0) is 53.5 Å². The number of ether oxygens (including phenoxy) is 1. The van der Waals surface area contributed by atoms with E-state index in [2.05, 4.69) is 9.97 Å². The molecule has 1 N–H and O–H groups in total. The summed E-state index contributed by atoms with van der Waals surface area (Å²) in [6, 6.07) is 16.9. The first-order valence-corrected chi connectivity index (χ1v) is 9.85. The van der Waals surface area contributed by atoms with E-state index in [0.29, 0.717) is 5.69 Å². The van der Waals surface area contributed by atoms with Crippen LogP contribution in [0, 0.1) is 10.1 Å². The van der Waals surface area contributed by atoms with E-state index >= 15 is 0 Å². The highest BCUT2D eigenvalue weighted by atomic mass is 32.1. The Balaban J connectivity index is 1.47. The molecule has 30 heavy (non-hydrogen) atoms. The molecule has 8 nitrogen and oxygen atoms in total. The molecule has 0 amide bonds. The molecule has 3 aromatic heterocycles. The fourth-order valence-electron chi connectivity index (χ4n) is 3.26. The molecule has 0 saturated carbocycles. The van der Waals surface area contributed by atoms with Crippen LogP contribution in [-0.2, 0) is 0 Å². The number of benzene rings is 2. The van der Waals surface area contributed by atoms with Crippen molar-refractivity contribution in [3.05, 3.63) is 77.2 Å². The molecule has 2 aromatic carbocycles. The van der Waals surface area contributed by atoms with Crippen LogP contribution in [0.25, 0.3) is 37.9 Å². The van der Waals surface area contributed by atoms with E-state index in [4.69, 9.17) is 9.72 Å². The monoisotopic (exact) mass is 417 g/mol. The van der Waals surface area contributed by atoms with Gasteiger partial charge in [0, 0.05) is 17.3 Å². The van der Waals surface area contributed by atoms with Gasteiger partial charge in [-0.2, -0.15) is 0 Å². The van der Waals surface area contributed by atoms with Crippen LogP contribution in [0.3, 0.4) is 0 Å². The molecule has 0 unspecified atom stereocenters. The Hall–Kier alpha value is -3.98.